The van der Waals surface area contributed by atoms with E-state index < -0.39 is 12.0 Å². The summed E-state index contributed by atoms with van der Waals surface area (Å²) in [6, 6.07) is 7.59. The molecule has 0 radical (unpaired) electrons. The summed E-state index contributed by atoms with van der Waals surface area (Å²) in [5, 5.41) is 0.472. The van der Waals surface area contributed by atoms with Gasteiger partial charge in [0, 0.05) is 7.11 Å². The van der Waals surface area contributed by atoms with Crippen molar-refractivity contribution in [1.82, 2.24) is 4.90 Å². The van der Waals surface area contributed by atoms with Crippen LogP contribution < -0.4 is 0 Å². The molecule has 1 fully saturated rings. The number of thioether (sulfide) groups is 1. The summed E-state index contributed by atoms with van der Waals surface area (Å²) in [6.45, 7) is 10.7. The number of allylic oxidation sites excluding steroid dienone is 1. The van der Waals surface area contributed by atoms with Gasteiger partial charge in [0.15, 0.2) is 5.17 Å². The molecule has 7 heteroatoms. The number of esters is 1. The lowest BCUT2D eigenvalue weighted by molar-refractivity contribution is -0.141. The average molecular weight is 431 g/mol. The van der Waals surface area contributed by atoms with Gasteiger partial charge in [0.25, 0.3) is 0 Å². The highest BCUT2D eigenvalue weighted by atomic mass is 32.2. The van der Waals surface area contributed by atoms with Gasteiger partial charge in [-0.3, -0.25) is 9.69 Å². The summed E-state index contributed by atoms with van der Waals surface area (Å²) in [4.78, 5) is 32.4. The Morgan fingerprint density at radius 1 is 1.20 bits per heavy atom. The van der Waals surface area contributed by atoms with Gasteiger partial charge in [0.2, 0.25) is 5.91 Å². The summed E-state index contributed by atoms with van der Waals surface area (Å²) in [5.74, 6) is -0.476. The molecule has 2 aliphatic heterocycles. The number of methoxy groups -OCH3 is 1. The summed E-state index contributed by atoms with van der Waals surface area (Å²) in [6.07, 6.45) is 0.710. The number of hydrogen-bond donors (Lipinski definition) is 0. The smallest absolute Gasteiger partial charge is 0.338 e. The minimum absolute atomic E-state index is 0.0119. The van der Waals surface area contributed by atoms with Crippen molar-refractivity contribution in [3.8, 4) is 0 Å². The van der Waals surface area contributed by atoms with Crippen molar-refractivity contribution in [2.45, 2.75) is 57.7 Å². The summed E-state index contributed by atoms with van der Waals surface area (Å²) < 4.78 is 10.4. The van der Waals surface area contributed by atoms with E-state index in [0.29, 0.717) is 29.5 Å². The molecule has 1 saturated heterocycles. The van der Waals surface area contributed by atoms with Gasteiger partial charge in [-0.2, -0.15) is 0 Å². The SMILES string of the molecule is CC[C@H]1SC2=NC(C)=C(C(=O)OCCOC)[C@H](c3ccc(C(C)(C)C)cc3)N2C1=O. The first-order chi connectivity index (χ1) is 14.2. The molecular formula is C23H30N2O4S. The van der Waals surface area contributed by atoms with E-state index in [0.717, 1.165) is 5.56 Å². The molecule has 0 aromatic heterocycles. The molecular weight excluding hydrogens is 400 g/mol. The summed E-state index contributed by atoms with van der Waals surface area (Å²) >= 11 is 1.47. The number of ether oxygens (including phenoxy) is 2. The van der Waals surface area contributed by atoms with Crippen LogP contribution in [0.1, 0.15) is 58.2 Å². The molecule has 3 rings (SSSR count). The number of carbonyl (C=O) groups excluding carboxylic acids is 2. The van der Waals surface area contributed by atoms with Crippen LogP contribution in [-0.2, 0) is 24.5 Å². The molecule has 6 nitrogen and oxygen atoms in total. The molecule has 0 saturated carbocycles. The Balaban J connectivity index is 2.04. The monoisotopic (exact) mass is 430 g/mol. The largest absolute Gasteiger partial charge is 0.460 e. The van der Waals surface area contributed by atoms with Crippen LogP contribution in [0.5, 0.6) is 0 Å². The highest BCUT2D eigenvalue weighted by molar-refractivity contribution is 8.15. The van der Waals surface area contributed by atoms with Gasteiger partial charge < -0.3 is 9.47 Å². The molecule has 0 unspecified atom stereocenters. The van der Waals surface area contributed by atoms with E-state index in [1.807, 2.05) is 19.1 Å². The molecule has 1 amide bonds. The molecule has 2 atom stereocenters. The lowest BCUT2D eigenvalue weighted by Crippen LogP contribution is -2.41. The summed E-state index contributed by atoms with van der Waals surface area (Å²) in [5.41, 5.74) is 3.07. The lowest BCUT2D eigenvalue weighted by atomic mass is 9.85. The molecule has 0 N–H and O–H groups in total. The first-order valence-corrected chi connectivity index (χ1v) is 11.1. The Kier molecular flexibility index (Phi) is 6.72. The van der Waals surface area contributed by atoms with E-state index in [9.17, 15) is 9.59 Å². The van der Waals surface area contributed by atoms with Crippen molar-refractivity contribution in [2.24, 2.45) is 4.99 Å². The minimum Gasteiger partial charge on any atom is -0.460 e. The Morgan fingerprint density at radius 3 is 2.43 bits per heavy atom. The van der Waals surface area contributed by atoms with Crippen molar-refractivity contribution < 1.29 is 19.1 Å². The number of amidine groups is 1. The number of rotatable bonds is 6. The van der Waals surface area contributed by atoms with Crippen LogP contribution in [0.3, 0.4) is 0 Å². The number of benzene rings is 1. The molecule has 162 valence electrons. The quantitative estimate of drug-likeness (QED) is 0.499. The molecule has 0 aliphatic carbocycles. The van der Waals surface area contributed by atoms with Crippen LogP contribution in [-0.4, -0.2) is 47.5 Å². The first kappa shape index (κ1) is 22.6. The standard InChI is InChI=1S/C23H30N2O4S/c1-7-17-20(26)25-19(15-8-10-16(11-9-15)23(3,4)5)18(14(2)24-22(25)30-17)21(27)29-13-12-28-6/h8-11,17,19H,7,12-13H2,1-6H3/t17-,19+/m1/s1. The van der Waals surface area contributed by atoms with Crippen molar-refractivity contribution in [3.63, 3.8) is 0 Å². The normalized spacial score (nSPS) is 21.6. The molecule has 2 heterocycles. The van der Waals surface area contributed by atoms with Crippen LogP contribution in [0.25, 0.3) is 0 Å². The van der Waals surface area contributed by atoms with Crippen molar-refractivity contribution in [1.29, 1.82) is 0 Å². The van der Waals surface area contributed by atoms with Crippen molar-refractivity contribution in [3.05, 3.63) is 46.7 Å². The van der Waals surface area contributed by atoms with E-state index in [1.165, 1.54) is 17.3 Å². The van der Waals surface area contributed by atoms with Crippen molar-refractivity contribution >= 4 is 28.8 Å². The van der Waals surface area contributed by atoms with Gasteiger partial charge >= 0.3 is 5.97 Å². The zero-order valence-electron chi connectivity index (χ0n) is 18.5. The maximum atomic E-state index is 13.1. The van der Waals surface area contributed by atoms with Gasteiger partial charge in [-0.15, -0.1) is 0 Å². The van der Waals surface area contributed by atoms with E-state index in [-0.39, 0.29) is 23.2 Å². The van der Waals surface area contributed by atoms with E-state index in [2.05, 4.69) is 37.9 Å². The number of hydrogen-bond acceptors (Lipinski definition) is 6. The fraction of sp³-hybridized carbons (Fsp3) is 0.522. The molecule has 1 aromatic rings. The van der Waals surface area contributed by atoms with Crippen LogP contribution >= 0.6 is 11.8 Å². The average Bonchev–Trinajstić information content (AvgIpc) is 3.01. The number of aliphatic imine (C=N–C) groups is 1. The second-order valence-corrected chi connectivity index (χ2v) is 9.69. The van der Waals surface area contributed by atoms with Gasteiger partial charge in [0.1, 0.15) is 6.61 Å². The Labute approximate surface area is 182 Å². The predicted molar refractivity (Wildman–Crippen MR) is 119 cm³/mol. The Morgan fingerprint density at radius 2 is 1.87 bits per heavy atom. The summed E-state index contributed by atoms with van der Waals surface area (Å²) in [7, 11) is 1.56. The number of amides is 1. The van der Waals surface area contributed by atoms with Crippen LogP contribution in [0, 0.1) is 0 Å². The number of nitrogens with zero attached hydrogens (tertiary/aromatic N) is 2. The number of carbonyl (C=O) groups is 2. The molecule has 2 aliphatic rings. The second kappa shape index (κ2) is 8.94. The van der Waals surface area contributed by atoms with Crippen molar-refractivity contribution in [2.75, 3.05) is 20.3 Å². The Bertz CT molecular complexity index is 883. The van der Waals surface area contributed by atoms with Gasteiger partial charge in [0.05, 0.1) is 29.2 Å². The second-order valence-electron chi connectivity index (χ2n) is 8.52. The Hall–Kier alpha value is -2.12. The third kappa shape index (κ3) is 4.32. The molecule has 0 bridgehead atoms. The molecule has 1 aromatic carbocycles. The van der Waals surface area contributed by atoms with E-state index in [1.54, 1.807) is 18.9 Å². The van der Waals surface area contributed by atoms with Crippen LogP contribution in [0.2, 0.25) is 0 Å². The maximum Gasteiger partial charge on any atom is 0.338 e. The third-order valence-electron chi connectivity index (χ3n) is 5.36. The maximum absolute atomic E-state index is 13.1. The fourth-order valence-electron chi connectivity index (χ4n) is 3.63. The zero-order chi connectivity index (χ0) is 22.1. The van der Waals surface area contributed by atoms with Crippen LogP contribution in [0.4, 0.5) is 0 Å². The van der Waals surface area contributed by atoms with Gasteiger partial charge in [-0.25, -0.2) is 9.79 Å². The highest BCUT2D eigenvalue weighted by Gasteiger charge is 2.47. The fourth-order valence-corrected chi connectivity index (χ4v) is 4.76. The topological polar surface area (TPSA) is 68.2 Å². The van der Waals surface area contributed by atoms with E-state index >= 15 is 0 Å². The van der Waals surface area contributed by atoms with E-state index in [4.69, 9.17) is 9.47 Å². The van der Waals surface area contributed by atoms with Gasteiger partial charge in [-0.1, -0.05) is 63.7 Å². The first-order valence-electron chi connectivity index (χ1n) is 10.2. The molecule has 0 spiro atoms. The molecule has 30 heavy (non-hydrogen) atoms. The highest BCUT2D eigenvalue weighted by Crippen LogP contribution is 2.44. The number of fused-ring (bicyclic) bond motifs is 1. The predicted octanol–water partition coefficient (Wildman–Crippen LogP) is 4.21. The van der Waals surface area contributed by atoms with Crippen LogP contribution in [0.15, 0.2) is 40.5 Å². The zero-order valence-corrected chi connectivity index (χ0v) is 19.3. The minimum atomic E-state index is -0.543. The lowest BCUT2D eigenvalue weighted by Gasteiger charge is -2.33. The van der Waals surface area contributed by atoms with Gasteiger partial charge in [-0.05, 0) is 29.9 Å². The third-order valence-corrected chi connectivity index (χ3v) is 6.67.